The molecular formula is C16H16N4O2S2. The summed E-state index contributed by atoms with van der Waals surface area (Å²) in [6.45, 7) is 1.69. The number of sulfone groups is 1. The lowest BCUT2D eigenvalue weighted by Crippen LogP contribution is -2.27. The lowest BCUT2D eigenvalue weighted by molar-refractivity contribution is 0.309. The molecule has 0 unspecified atom stereocenters. The molecule has 0 saturated heterocycles. The van der Waals surface area contributed by atoms with Crippen LogP contribution in [0.25, 0.3) is 5.65 Å². The molecule has 1 aliphatic heterocycles. The van der Waals surface area contributed by atoms with E-state index in [1.165, 1.54) is 0 Å². The smallest absolute Gasteiger partial charge is 0.213 e. The van der Waals surface area contributed by atoms with Crippen molar-refractivity contribution in [3.8, 4) is 0 Å². The van der Waals surface area contributed by atoms with Crippen molar-refractivity contribution in [1.29, 1.82) is 0 Å². The summed E-state index contributed by atoms with van der Waals surface area (Å²) in [6.07, 6.45) is 2.69. The van der Waals surface area contributed by atoms with E-state index in [0.29, 0.717) is 5.65 Å². The van der Waals surface area contributed by atoms with E-state index in [4.69, 9.17) is 12.2 Å². The molecule has 2 aromatic heterocycles. The van der Waals surface area contributed by atoms with Gasteiger partial charge in [0.25, 0.3) is 0 Å². The van der Waals surface area contributed by atoms with E-state index in [-0.39, 0.29) is 14.4 Å². The van der Waals surface area contributed by atoms with Gasteiger partial charge in [0.05, 0.1) is 10.6 Å². The van der Waals surface area contributed by atoms with E-state index in [1.54, 1.807) is 34.8 Å². The molecule has 24 heavy (non-hydrogen) atoms. The Morgan fingerprint density at radius 3 is 2.75 bits per heavy atom. The molecule has 3 heterocycles. The van der Waals surface area contributed by atoms with Gasteiger partial charge in [0.1, 0.15) is 4.64 Å². The summed E-state index contributed by atoms with van der Waals surface area (Å²) >= 11 is 5.29. The number of aromatic amines is 1. The third-order valence-electron chi connectivity index (χ3n) is 4.25. The SMILES string of the molecule is CN1CCc2nc3c(S(=O)(=O)c4ccccc4)c(=S)[nH]n3cc2C1. The Hall–Kier alpha value is -2.03. The van der Waals surface area contributed by atoms with Crippen LogP contribution >= 0.6 is 12.2 Å². The van der Waals surface area contributed by atoms with Gasteiger partial charge in [0, 0.05) is 31.3 Å². The average molecular weight is 360 g/mol. The number of nitrogens with one attached hydrogen (secondary N) is 1. The molecule has 0 bridgehead atoms. The zero-order chi connectivity index (χ0) is 16.9. The maximum absolute atomic E-state index is 13.0. The number of rotatable bonds is 2. The maximum Gasteiger partial charge on any atom is 0.213 e. The monoisotopic (exact) mass is 360 g/mol. The second-order valence-electron chi connectivity index (χ2n) is 5.98. The van der Waals surface area contributed by atoms with E-state index in [1.807, 2.05) is 6.20 Å². The molecular weight excluding hydrogens is 344 g/mol. The van der Waals surface area contributed by atoms with Gasteiger partial charge in [-0.3, -0.25) is 5.10 Å². The molecule has 1 aromatic carbocycles. The van der Waals surface area contributed by atoms with Gasteiger partial charge >= 0.3 is 0 Å². The van der Waals surface area contributed by atoms with E-state index < -0.39 is 9.84 Å². The molecule has 8 heteroatoms. The van der Waals surface area contributed by atoms with Gasteiger partial charge in [-0.2, -0.15) is 0 Å². The molecule has 0 amide bonds. The number of fused-ring (bicyclic) bond motifs is 2. The summed E-state index contributed by atoms with van der Waals surface area (Å²) in [6, 6.07) is 8.32. The predicted octanol–water partition coefficient (Wildman–Crippen LogP) is 2.21. The van der Waals surface area contributed by atoms with E-state index in [0.717, 1.165) is 30.8 Å². The Morgan fingerprint density at radius 2 is 2.00 bits per heavy atom. The van der Waals surface area contributed by atoms with Crippen molar-refractivity contribution in [3.63, 3.8) is 0 Å². The van der Waals surface area contributed by atoms with E-state index in [9.17, 15) is 8.42 Å². The van der Waals surface area contributed by atoms with Crippen molar-refractivity contribution in [2.45, 2.75) is 22.8 Å². The second kappa shape index (κ2) is 5.51. The molecule has 0 saturated carbocycles. The number of likely N-dealkylation sites (N-methyl/N-ethyl adjacent to an activating group) is 1. The van der Waals surface area contributed by atoms with Crippen molar-refractivity contribution in [3.05, 3.63) is 52.4 Å². The van der Waals surface area contributed by atoms with Gasteiger partial charge in [-0.1, -0.05) is 30.4 Å². The molecule has 0 aliphatic carbocycles. The molecule has 1 N–H and O–H groups in total. The summed E-state index contributed by atoms with van der Waals surface area (Å²) < 4.78 is 27.8. The molecule has 4 rings (SSSR count). The van der Waals surface area contributed by atoms with Gasteiger partial charge in [-0.25, -0.2) is 17.9 Å². The summed E-state index contributed by atoms with van der Waals surface area (Å²) in [5.74, 6) is 0. The van der Waals surface area contributed by atoms with Crippen LogP contribution in [0, 0.1) is 4.64 Å². The van der Waals surface area contributed by atoms with Crippen LogP contribution in [0.1, 0.15) is 11.3 Å². The van der Waals surface area contributed by atoms with Crippen molar-refractivity contribution in [2.24, 2.45) is 0 Å². The number of benzene rings is 1. The molecule has 3 aromatic rings. The van der Waals surface area contributed by atoms with Gasteiger partial charge in [-0.05, 0) is 19.2 Å². The summed E-state index contributed by atoms with van der Waals surface area (Å²) in [5.41, 5.74) is 2.39. The molecule has 6 nitrogen and oxygen atoms in total. The summed E-state index contributed by atoms with van der Waals surface area (Å²) in [7, 11) is -1.67. The predicted molar refractivity (Wildman–Crippen MR) is 92.3 cm³/mol. The van der Waals surface area contributed by atoms with Gasteiger partial charge in [0.15, 0.2) is 10.5 Å². The van der Waals surface area contributed by atoms with Crippen LogP contribution in [0.5, 0.6) is 0 Å². The van der Waals surface area contributed by atoms with Crippen molar-refractivity contribution >= 4 is 27.7 Å². The molecule has 0 spiro atoms. The fourth-order valence-electron chi connectivity index (χ4n) is 3.03. The Morgan fingerprint density at radius 1 is 1.25 bits per heavy atom. The third-order valence-corrected chi connectivity index (χ3v) is 6.49. The van der Waals surface area contributed by atoms with Crippen LogP contribution in [-0.2, 0) is 22.8 Å². The number of nitrogens with zero attached hydrogens (tertiary/aromatic N) is 3. The zero-order valence-electron chi connectivity index (χ0n) is 13.1. The summed E-state index contributed by atoms with van der Waals surface area (Å²) in [5, 5.41) is 2.94. The quantitative estimate of drug-likeness (QED) is 0.710. The second-order valence-corrected chi connectivity index (χ2v) is 8.28. The van der Waals surface area contributed by atoms with Gasteiger partial charge in [-0.15, -0.1) is 0 Å². The lowest BCUT2D eigenvalue weighted by Gasteiger charge is -2.24. The highest BCUT2D eigenvalue weighted by Crippen LogP contribution is 2.27. The first kappa shape index (κ1) is 15.5. The van der Waals surface area contributed by atoms with Crippen LogP contribution in [0.3, 0.4) is 0 Å². The van der Waals surface area contributed by atoms with Crippen LogP contribution in [0.4, 0.5) is 0 Å². The highest BCUT2D eigenvalue weighted by molar-refractivity contribution is 7.92. The van der Waals surface area contributed by atoms with Crippen molar-refractivity contribution in [2.75, 3.05) is 13.6 Å². The largest absolute Gasteiger partial charge is 0.302 e. The topological polar surface area (TPSA) is 70.5 Å². The van der Waals surface area contributed by atoms with Gasteiger partial charge < -0.3 is 4.90 Å². The fraction of sp³-hybridized carbons (Fsp3) is 0.250. The molecule has 0 atom stereocenters. The Balaban J connectivity index is 1.97. The number of hydrogen-bond donors (Lipinski definition) is 1. The molecule has 124 valence electrons. The highest BCUT2D eigenvalue weighted by Gasteiger charge is 2.26. The number of H-pyrrole nitrogens is 1. The van der Waals surface area contributed by atoms with Crippen LogP contribution in [-0.4, -0.2) is 41.5 Å². The standard InChI is InChI=1S/C16H16N4O2S2/c1-19-8-7-13-11(9-19)10-20-15(17-13)14(16(23)18-20)24(21,22)12-5-3-2-4-6-12/h2-6,10H,7-9H2,1H3,(H,18,23). The lowest BCUT2D eigenvalue weighted by atomic mass is 10.1. The highest BCUT2D eigenvalue weighted by atomic mass is 32.2. The third kappa shape index (κ3) is 2.38. The van der Waals surface area contributed by atoms with Crippen molar-refractivity contribution in [1.82, 2.24) is 19.5 Å². The number of aromatic nitrogens is 3. The normalized spacial score (nSPS) is 15.5. The van der Waals surface area contributed by atoms with E-state index in [2.05, 4.69) is 22.0 Å². The Bertz CT molecular complexity index is 1080. The van der Waals surface area contributed by atoms with Crippen LogP contribution in [0.15, 0.2) is 46.3 Å². The first-order valence-corrected chi connectivity index (χ1v) is 9.48. The van der Waals surface area contributed by atoms with Crippen molar-refractivity contribution < 1.29 is 8.42 Å². The minimum absolute atomic E-state index is 0.0745. The summed E-state index contributed by atoms with van der Waals surface area (Å²) in [4.78, 5) is 7.12. The van der Waals surface area contributed by atoms with Crippen LogP contribution in [0.2, 0.25) is 0 Å². The first-order chi connectivity index (χ1) is 11.5. The minimum atomic E-state index is -3.72. The maximum atomic E-state index is 13.0. The first-order valence-electron chi connectivity index (χ1n) is 7.58. The molecule has 0 fully saturated rings. The van der Waals surface area contributed by atoms with Crippen LogP contribution < -0.4 is 0 Å². The Labute approximate surface area is 144 Å². The fourth-order valence-corrected chi connectivity index (χ4v) is 4.97. The molecule has 1 aliphatic rings. The minimum Gasteiger partial charge on any atom is -0.302 e. The van der Waals surface area contributed by atoms with Gasteiger partial charge in [0.2, 0.25) is 9.84 Å². The number of hydrogen-bond acceptors (Lipinski definition) is 5. The molecule has 0 radical (unpaired) electrons. The average Bonchev–Trinajstić information content (AvgIpc) is 2.88. The zero-order valence-corrected chi connectivity index (χ0v) is 14.7. The van der Waals surface area contributed by atoms with E-state index >= 15 is 0 Å². The Kier molecular flexibility index (Phi) is 3.56.